The molecule has 0 aliphatic carbocycles. The molecule has 2 rings (SSSR count). The van der Waals surface area contributed by atoms with Crippen LogP contribution in [-0.2, 0) is 0 Å². The summed E-state index contributed by atoms with van der Waals surface area (Å²) in [4.78, 5) is 0. The van der Waals surface area contributed by atoms with E-state index in [9.17, 15) is 0 Å². The average molecular weight is 243 g/mol. The summed E-state index contributed by atoms with van der Waals surface area (Å²) in [5.41, 5.74) is 1.32. The topological polar surface area (TPSA) is 32.3 Å². The second-order valence-electron chi connectivity index (χ2n) is 4.99. The molecule has 0 spiro atoms. The van der Waals surface area contributed by atoms with Crippen molar-refractivity contribution in [3.05, 3.63) is 48.0 Å². The Labute approximate surface area is 109 Å². The summed E-state index contributed by atoms with van der Waals surface area (Å²) in [6, 6.07) is 15.2. The molecule has 2 nitrogen and oxygen atoms in total. The lowest BCUT2D eigenvalue weighted by Crippen LogP contribution is -2.26. The second-order valence-corrected chi connectivity index (χ2v) is 4.99. The Bertz CT molecular complexity index is 504. The molecule has 0 fully saturated rings. The summed E-state index contributed by atoms with van der Waals surface area (Å²) >= 11 is 0. The lowest BCUT2D eigenvalue weighted by Gasteiger charge is -2.18. The van der Waals surface area contributed by atoms with Gasteiger partial charge in [0, 0.05) is 19.2 Å². The van der Waals surface area contributed by atoms with Crippen molar-refractivity contribution in [3.63, 3.8) is 0 Å². The van der Waals surface area contributed by atoms with Gasteiger partial charge in [-0.2, -0.15) is 0 Å². The molecule has 0 bridgehead atoms. The first-order chi connectivity index (χ1) is 8.72. The Kier molecular flexibility index (Phi) is 4.34. The summed E-state index contributed by atoms with van der Waals surface area (Å²) in [5.74, 6) is 0.294. The molecule has 2 N–H and O–H groups in total. The van der Waals surface area contributed by atoms with Crippen LogP contribution >= 0.6 is 0 Å². The van der Waals surface area contributed by atoms with Crippen molar-refractivity contribution in [1.29, 1.82) is 0 Å². The van der Waals surface area contributed by atoms with Crippen LogP contribution < -0.4 is 5.32 Å². The molecule has 96 valence electrons. The summed E-state index contributed by atoms with van der Waals surface area (Å²) in [7, 11) is 0. The van der Waals surface area contributed by atoms with E-state index >= 15 is 0 Å². The Balaban J connectivity index is 2.19. The number of hydrogen-bond acceptors (Lipinski definition) is 2. The Hall–Kier alpha value is -1.38. The molecule has 2 heteroatoms. The minimum Gasteiger partial charge on any atom is -0.396 e. The molecule has 2 unspecified atom stereocenters. The fourth-order valence-electron chi connectivity index (χ4n) is 2.18. The fourth-order valence-corrected chi connectivity index (χ4v) is 2.18. The Morgan fingerprint density at radius 1 is 1.06 bits per heavy atom. The van der Waals surface area contributed by atoms with Crippen LogP contribution in [0.2, 0.25) is 0 Å². The van der Waals surface area contributed by atoms with Gasteiger partial charge in [-0.3, -0.25) is 0 Å². The number of aliphatic hydroxyl groups excluding tert-OH is 1. The molecule has 0 heterocycles. The highest BCUT2D eigenvalue weighted by molar-refractivity contribution is 5.86. The maximum Gasteiger partial charge on any atom is 0.0468 e. The third-order valence-electron chi connectivity index (χ3n) is 3.37. The maximum atomic E-state index is 9.05. The van der Waals surface area contributed by atoms with Crippen LogP contribution in [0.25, 0.3) is 10.8 Å². The van der Waals surface area contributed by atoms with Gasteiger partial charge in [-0.1, -0.05) is 49.4 Å². The summed E-state index contributed by atoms with van der Waals surface area (Å²) < 4.78 is 0. The minimum absolute atomic E-state index is 0.231. The zero-order chi connectivity index (χ0) is 13.0. The van der Waals surface area contributed by atoms with E-state index in [4.69, 9.17) is 5.11 Å². The summed E-state index contributed by atoms with van der Waals surface area (Å²) in [5, 5.41) is 15.1. The average Bonchev–Trinajstić information content (AvgIpc) is 2.43. The molecule has 0 aliphatic rings. The smallest absolute Gasteiger partial charge is 0.0468 e. The van der Waals surface area contributed by atoms with Gasteiger partial charge in [0.05, 0.1) is 0 Å². The predicted molar refractivity (Wildman–Crippen MR) is 76.6 cm³/mol. The van der Waals surface area contributed by atoms with Crippen LogP contribution in [0.15, 0.2) is 42.5 Å². The molecule has 0 radical (unpaired) electrons. The van der Waals surface area contributed by atoms with Gasteiger partial charge in [0.2, 0.25) is 0 Å². The van der Waals surface area contributed by atoms with Crippen molar-refractivity contribution in [2.24, 2.45) is 5.92 Å². The van der Waals surface area contributed by atoms with Gasteiger partial charge in [0.1, 0.15) is 0 Å². The molecular weight excluding hydrogens is 222 g/mol. The van der Waals surface area contributed by atoms with Crippen LogP contribution in [0, 0.1) is 5.92 Å². The number of hydrogen-bond donors (Lipinski definition) is 2. The van der Waals surface area contributed by atoms with Crippen LogP contribution in [0.1, 0.15) is 25.5 Å². The zero-order valence-corrected chi connectivity index (χ0v) is 11.1. The highest BCUT2D eigenvalue weighted by Gasteiger charge is 2.09. The van der Waals surface area contributed by atoms with E-state index in [0.717, 1.165) is 6.54 Å². The third-order valence-corrected chi connectivity index (χ3v) is 3.37. The molecule has 2 aromatic rings. The van der Waals surface area contributed by atoms with E-state index < -0.39 is 0 Å². The van der Waals surface area contributed by atoms with Crippen molar-refractivity contribution in [2.75, 3.05) is 13.2 Å². The molecular formula is C16H21NO. The minimum atomic E-state index is 0.231. The first-order valence-corrected chi connectivity index (χ1v) is 6.54. The Morgan fingerprint density at radius 2 is 1.78 bits per heavy atom. The lowest BCUT2D eigenvalue weighted by atomic mass is 9.99. The standard InChI is InChI=1S/C16H21NO/c1-12(11-18)10-17-13(2)15-9-5-7-14-6-3-4-8-16(14)15/h3-9,12-13,17-18H,10-11H2,1-2H3. The van der Waals surface area contributed by atoms with Crippen molar-refractivity contribution in [2.45, 2.75) is 19.9 Å². The molecule has 0 saturated heterocycles. The quantitative estimate of drug-likeness (QED) is 0.845. The van der Waals surface area contributed by atoms with E-state index in [1.54, 1.807) is 0 Å². The van der Waals surface area contributed by atoms with Crippen molar-refractivity contribution < 1.29 is 5.11 Å². The fraction of sp³-hybridized carbons (Fsp3) is 0.375. The van der Waals surface area contributed by atoms with Gasteiger partial charge in [-0.25, -0.2) is 0 Å². The van der Waals surface area contributed by atoms with Crippen molar-refractivity contribution in [1.82, 2.24) is 5.32 Å². The molecule has 0 aromatic heterocycles. The van der Waals surface area contributed by atoms with Crippen LogP contribution in [0.3, 0.4) is 0 Å². The lowest BCUT2D eigenvalue weighted by molar-refractivity contribution is 0.231. The van der Waals surface area contributed by atoms with Crippen LogP contribution in [0.4, 0.5) is 0 Å². The molecule has 0 saturated carbocycles. The van der Waals surface area contributed by atoms with E-state index in [2.05, 4.69) is 54.7 Å². The monoisotopic (exact) mass is 243 g/mol. The molecule has 0 aliphatic heterocycles. The summed E-state index contributed by atoms with van der Waals surface area (Å²) in [6.07, 6.45) is 0. The number of fused-ring (bicyclic) bond motifs is 1. The molecule has 2 atom stereocenters. The first-order valence-electron chi connectivity index (χ1n) is 6.54. The largest absolute Gasteiger partial charge is 0.396 e. The molecule has 2 aromatic carbocycles. The second kappa shape index (κ2) is 5.98. The van der Waals surface area contributed by atoms with E-state index in [0.29, 0.717) is 12.0 Å². The van der Waals surface area contributed by atoms with Gasteiger partial charge >= 0.3 is 0 Å². The number of aliphatic hydroxyl groups is 1. The number of benzene rings is 2. The summed E-state index contributed by atoms with van der Waals surface area (Å²) in [6.45, 7) is 5.28. The van der Waals surface area contributed by atoms with E-state index in [1.165, 1.54) is 16.3 Å². The predicted octanol–water partition coefficient (Wildman–Crippen LogP) is 3.12. The van der Waals surface area contributed by atoms with E-state index in [-0.39, 0.29) is 6.61 Å². The van der Waals surface area contributed by atoms with Crippen molar-refractivity contribution >= 4 is 10.8 Å². The van der Waals surface area contributed by atoms with Crippen LogP contribution in [-0.4, -0.2) is 18.3 Å². The molecule has 18 heavy (non-hydrogen) atoms. The number of nitrogens with one attached hydrogen (secondary N) is 1. The van der Waals surface area contributed by atoms with Gasteiger partial charge in [-0.05, 0) is 29.2 Å². The van der Waals surface area contributed by atoms with Gasteiger partial charge < -0.3 is 10.4 Å². The normalized spacial score (nSPS) is 14.6. The SMILES string of the molecule is CC(CO)CNC(C)c1cccc2ccccc12. The van der Waals surface area contributed by atoms with Crippen molar-refractivity contribution in [3.8, 4) is 0 Å². The first kappa shape index (κ1) is 13.1. The number of rotatable bonds is 5. The van der Waals surface area contributed by atoms with Gasteiger partial charge in [-0.15, -0.1) is 0 Å². The van der Waals surface area contributed by atoms with Gasteiger partial charge in [0.25, 0.3) is 0 Å². The highest BCUT2D eigenvalue weighted by Crippen LogP contribution is 2.23. The highest BCUT2D eigenvalue weighted by atomic mass is 16.3. The van der Waals surface area contributed by atoms with Gasteiger partial charge in [0.15, 0.2) is 0 Å². The van der Waals surface area contributed by atoms with E-state index in [1.807, 2.05) is 6.92 Å². The zero-order valence-electron chi connectivity index (χ0n) is 11.1. The Morgan fingerprint density at radius 3 is 2.56 bits per heavy atom. The molecule has 0 amide bonds. The third kappa shape index (κ3) is 2.89. The van der Waals surface area contributed by atoms with Crippen LogP contribution in [0.5, 0.6) is 0 Å². The maximum absolute atomic E-state index is 9.05.